The Bertz CT molecular complexity index is 602. The summed E-state index contributed by atoms with van der Waals surface area (Å²) < 4.78 is 2.05. The Kier molecular flexibility index (Phi) is 6.14. The molecule has 114 valence electrons. The van der Waals surface area contributed by atoms with E-state index in [-0.39, 0.29) is 0 Å². The summed E-state index contributed by atoms with van der Waals surface area (Å²) in [6.45, 7) is 4.84. The molecule has 0 radical (unpaired) electrons. The number of anilines is 1. The molecule has 2 rings (SSSR count). The van der Waals surface area contributed by atoms with Crippen molar-refractivity contribution in [3.05, 3.63) is 43.3 Å². The molecular weight excluding hydrogens is 417 g/mol. The molecule has 2 N–H and O–H groups in total. The van der Waals surface area contributed by atoms with Crippen LogP contribution >= 0.6 is 43.5 Å². The predicted molar refractivity (Wildman–Crippen MR) is 96.1 cm³/mol. The lowest BCUT2D eigenvalue weighted by Gasteiger charge is -2.11. The van der Waals surface area contributed by atoms with Gasteiger partial charge in [-0.15, -0.1) is 0 Å². The molecule has 0 spiro atoms. The number of H-pyrrole nitrogens is 1. The van der Waals surface area contributed by atoms with Crippen molar-refractivity contribution in [1.29, 1.82) is 0 Å². The van der Waals surface area contributed by atoms with E-state index in [2.05, 4.69) is 73.1 Å². The van der Waals surface area contributed by atoms with Gasteiger partial charge in [-0.25, -0.2) is 4.98 Å². The summed E-state index contributed by atoms with van der Waals surface area (Å²) in [7, 11) is 0. The third-order valence-electron chi connectivity index (χ3n) is 3.17. The molecule has 0 aliphatic rings. The molecule has 0 amide bonds. The van der Waals surface area contributed by atoms with Gasteiger partial charge in [0, 0.05) is 15.4 Å². The highest BCUT2D eigenvalue weighted by Gasteiger charge is 2.10. The molecule has 1 aromatic heterocycles. The second-order valence-corrected chi connectivity index (χ2v) is 7.08. The number of rotatable bonds is 6. The van der Waals surface area contributed by atoms with Crippen LogP contribution in [0.1, 0.15) is 36.8 Å². The molecule has 3 nitrogen and oxygen atoms in total. The summed E-state index contributed by atoms with van der Waals surface area (Å²) >= 11 is 13.3. The Morgan fingerprint density at radius 1 is 1.29 bits per heavy atom. The number of nitrogens with one attached hydrogen (secondary N) is 2. The van der Waals surface area contributed by atoms with E-state index < -0.39 is 0 Å². The number of hydrogen-bond acceptors (Lipinski definition) is 2. The molecule has 0 fully saturated rings. The lowest BCUT2D eigenvalue weighted by molar-refractivity contribution is 0.760. The van der Waals surface area contributed by atoms with Crippen LogP contribution in [0.5, 0.6) is 0 Å². The highest BCUT2D eigenvalue weighted by molar-refractivity contribution is 9.11. The summed E-state index contributed by atoms with van der Waals surface area (Å²) in [5.74, 6) is 0.959. The van der Waals surface area contributed by atoms with E-state index in [4.69, 9.17) is 11.6 Å². The van der Waals surface area contributed by atoms with E-state index in [1.165, 1.54) is 5.56 Å². The summed E-state index contributed by atoms with van der Waals surface area (Å²) in [6, 6.07) is 4.16. The zero-order valence-corrected chi connectivity index (χ0v) is 16.0. The lowest BCUT2D eigenvalue weighted by Crippen LogP contribution is -2.02. The monoisotopic (exact) mass is 433 g/mol. The molecule has 0 saturated heterocycles. The maximum absolute atomic E-state index is 6.19. The summed E-state index contributed by atoms with van der Waals surface area (Å²) in [4.78, 5) is 7.67. The first-order valence-electron chi connectivity index (χ1n) is 6.94. The summed E-state index contributed by atoms with van der Waals surface area (Å²) in [5.41, 5.74) is 3.13. The minimum atomic E-state index is 0.549. The quantitative estimate of drug-likeness (QED) is 0.597. The van der Waals surface area contributed by atoms with Crippen LogP contribution in [-0.4, -0.2) is 9.97 Å². The van der Waals surface area contributed by atoms with Crippen LogP contribution in [0.2, 0.25) is 5.15 Å². The predicted octanol–water partition coefficient (Wildman–Crippen LogP) is 5.85. The number of halogens is 3. The Hall–Kier alpha value is -0.520. The normalized spacial score (nSPS) is 10.9. The number of unbranched alkanes of at least 4 members (excludes halogenated alkanes) is 1. The molecule has 21 heavy (non-hydrogen) atoms. The summed E-state index contributed by atoms with van der Waals surface area (Å²) in [5, 5.41) is 3.93. The van der Waals surface area contributed by atoms with Crippen LogP contribution in [-0.2, 0) is 13.0 Å². The van der Waals surface area contributed by atoms with Crippen LogP contribution < -0.4 is 5.32 Å². The standard InChI is InChI=1S/C15H18Br2ClN3/c1-3-4-5-13-20-12(15(18)21-13)8-19-14-10(16)6-9(2)7-11(14)17/h6-7,19H,3-5,8H2,1-2H3,(H,20,21). The van der Waals surface area contributed by atoms with E-state index in [1.807, 2.05) is 0 Å². The van der Waals surface area contributed by atoms with Gasteiger partial charge in [-0.2, -0.15) is 0 Å². The highest BCUT2D eigenvalue weighted by atomic mass is 79.9. The van der Waals surface area contributed by atoms with Gasteiger partial charge in [0.15, 0.2) is 5.15 Å². The molecule has 0 aliphatic heterocycles. The van der Waals surface area contributed by atoms with E-state index in [0.717, 1.165) is 45.4 Å². The number of aryl methyl sites for hydroxylation is 2. The van der Waals surface area contributed by atoms with Crippen molar-refractivity contribution in [2.24, 2.45) is 0 Å². The van der Waals surface area contributed by atoms with E-state index in [1.54, 1.807) is 0 Å². The van der Waals surface area contributed by atoms with Gasteiger partial charge in [0.1, 0.15) is 5.82 Å². The van der Waals surface area contributed by atoms with Crippen LogP contribution in [0.15, 0.2) is 21.1 Å². The Labute approximate surface area is 147 Å². The van der Waals surface area contributed by atoms with Gasteiger partial charge >= 0.3 is 0 Å². The molecule has 0 unspecified atom stereocenters. The zero-order chi connectivity index (χ0) is 15.4. The third-order valence-corrected chi connectivity index (χ3v) is 4.74. The Morgan fingerprint density at radius 2 is 1.95 bits per heavy atom. The van der Waals surface area contributed by atoms with Crippen LogP contribution in [0.3, 0.4) is 0 Å². The third kappa shape index (κ3) is 4.47. The molecule has 1 aromatic carbocycles. The van der Waals surface area contributed by atoms with Crippen molar-refractivity contribution in [2.45, 2.75) is 39.7 Å². The second-order valence-electron chi connectivity index (χ2n) is 5.01. The fourth-order valence-corrected chi connectivity index (χ4v) is 3.98. The van der Waals surface area contributed by atoms with Crippen molar-refractivity contribution in [3.8, 4) is 0 Å². The van der Waals surface area contributed by atoms with E-state index >= 15 is 0 Å². The molecular formula is C15H18Br2ClN3. The average Bonchev–Trinajstić information content (AvgIpc) is 2.76. The fraction of sp³-hybridized carbons (Fsp3) is 0.400. The number of aromatic amines is 1. The Morgan fingerprint density at radius 3 is 2.57 bits per heavy atom. The van der Waals surface area contributed by atoms with Gasteiger partial charge in [-0.3, -0.25) is 0 Å². The topological polar surface area (TPSA) is 40.7 Å². The summed E-state index contributed by atoms with van der Waals surface area (Å²) in [6.07, 6.45) is 3.20. The molecule has 0 atom stereocenters. The van der Waals surface area contributed by atoms with Crippen LogP contribution in [0, 0.1) is 6.92 Å². The maximum atomic E-state index is 6.19. The van der Waals surface area contributed by atoms with Crippen molar-refractivity contribution in [1.82, 2.24) is 9.97 Å². The first-order chi connectivity index (χ1) is 10.0. The average molecular weight is 436 g/mol. The van der Waals surface area contributed by atoms with Crippen molar-refractivity contribution in [3.63, 3.8) is 0 Å². The first kappa shape index (κ1) is 16.8. The second kappa shape index (κ2) is 7.65. The zero-order valence-electron chi connectivity index (χ0n) is 12.1. The van der Waals surface area contributed by atoms with Crippen LogP contribution in [0.25, 0.3) is 0 Å². The SMILES string of the molecule is CCCCc1nc(Cl)c(CNc2c(Br)cc(C)cc2Br)[nH]1. The number of aromatic nitrogens is 2. The molecule has 0 saturated carbocycles. The van der Waals surface area contributed by atoms with Gasteiger partial charge in [0.2, 0.25) is 0 Å². The van der Waals surface area contributed by atoms with Gasteiger partial charge < -0.3 is 10.3 Å². The van der Waals surface area contributed by atoms with Gasteiger partial charge in [0.25, 0.3) is 0 Å². The molecule has 0 aliphatic carbocycles. The van der Waals surface area contributed by atoms with Crippen LogP contribution in [0.4, 0.5) is 5.69 Å². The number of imidazole rings is 1. The van der Waals surface area contributed by atoms with Crippen molar-refractivity contribution in [2.75, 3.05) is 5.32 Å². The molecule has 1 heterocycles. The molecule has 6 heteroatoms. The first-order valence-corrected chi connectivity index (χ1v) is 8.90. The Balaban J connectivity index is 2.08. The van der Waals surface area contributed by atoms with Gasteiger partial charge in [-0.05, 0) is 62.9 Å². The fourth-order valence-electron chi connectivity index (χ4n) is 2.06. The van der Waals surface area contributed by atoms with Gasteiger partial charge in [-0.1, -0.05) is 24.9 Å². The van der Waals surface area contributed by atoms with Crippen molar-refractivity contribution < 1.29 is 0 Å². The highest BCUT2D eigenvalue weighted by Crippen LogP contribution is 2.32. The minimum absolute atomic E-state index is 0.549. The van der Waals surface area contributed by atoms with E-state index in [9.17, 15) is 0 Å². The lowest BCUT2D eigenvalue weighted by atomic mass is 10.2. The minimum Gasteiger partial charge on any atom is -0.378 e. The largest absolute Gasteiger partial charge is 0.378 e. The number of hydrogen-bond donors (Lipinski definition) is 2. The van der Waals surface area contributed by atoms with Gasteiger partial charge in [0.05, 0.1) is 17.9 Å². The van der Waals surface area contributed by atoms with Crippen molar-refractivity contribution >= 4 is 49.1 Å². The van der Waals surface area contributed by atoms with E-state index in [0.29, 0.717) is 11.7 Å². The number of benzene rings is 1. The molecule has 2 aromatic rings. The molecule has 0 bridgehead atoms. The number of nitrogens with zero attached hydrogens (tertiary/aromatic N) is 1. The smallest absolute Gasteiger partial charge is 0.152 e. The maximum Gasteiger partial charge on any atom is 0.152 e.